The van der Waals surface area contributed by atoms with E-state index in [0.29, 0.717) is 11.3 Å². The van der Waals surface area contributed by atoms with Gasteiger partial charge in [0.05, 0.1) is 0 Å². The van der Waals surface area contributed by atoms with Crippen LogP contribution in [-0.2, 0) is 4.79 Å². The smallest absolute Gasteiger partial charge is 0.271 e. The van der Waals surface area contributed by atoms with Gasteiger partial charge in [-0.25, -0.2) is 5.43 Å². The molecule has 0 radical (unpaired) electrons. The average molecular weight is 247 g/mol. The van der Waals surface area contributed by atoms with E-state index in [1.54, 1.807) is 24.3 Å². The molecule has 0 fully saturated rings. The zero-order valence-electron chi connectivity index (χ0n) is 10.8. The summed E-state index contributed by atoms with van der Waals surface area (Å²) in [6, 6.07) is 6.62. The number of hydrogen-bond donors (Lipinski definition) is 2. The summed E-state index contributed by atoms with van der Waals surface area (Å²) in [7, 11) is 0. The molecule has 0 saturated heterocycles. The highest BCUT2D eigenvalue weighted by molar-refractivity contribution is 5.96. The van der Waals surface area contributed by atoms with E-state index in [4.69, 9.17) is 0 Å². The number of hydrazone groups is 1. The van der Waals surface area contributed by atoms with Gasteiger partial charge in [0.2, 0.25) is 5.91 Å². The van der Waals surface area contributed by atoms with Gasteiger partial charge >= 0.3 is 0 Å². The number of amides is 2. The Hall–Kier alpha value is -2.17. The van der Waals surface area contributed by atoms with Gasteiger partial charge in [0.1, 0.15) is 0 Å². The van der Waals surface area contributed by atoms with Crippen LogP contribution in [0.25, 0.3) is 0 Å². The molecule has 0 atom stereocenters. The molecular formula is C13H17N3O2. The van der Waals surface area contributed by atoms with Gasteiger partial charge in [0.25, 0.3) is 5.91 Å². The van der Waals surface area contributed by atoms with Crippen LogP contribution >= 0.6 is 0 Å². The number of rotatable bonds is 4. The lowest BCUT2D eigenvalue weighted by Gasteiger charge is -2.04. The van der Waals surface area contributed by atoms with Crippen molar-refractivity contribution < 1.29 is 9.59 Å². The van der Waals surface area contributed by atoms with Gasteiger partial charge in [0.15, 0.2) is 0 Å². The van der Waals surface area contributed by atoms with Crippen LogP contribution in [0.4, 0.5) is 5.69 Å². The fourth-order valence-corrected chi connectivity index (χ4v) is 1.20. The Kier molecular flexibility index (Phi) is 5.05. The van der Waals surface area contributed by atoms with Crippen molar-refractivity contribution in [3.05, 3.63) is 29.8 Å². The van der Waals surface area contributed by atoms with Crippen LogP contribution in [0.2, 0.25) is 0 Å². The average Bonchev–Trinajstić information content (AvgIpc) is 2.35. The molecule has 0 aromatic heterocycles. The molecule has 1 aromatic rings. The second kappa shape index (κ2) is 6.54. The Morgan fingerprint density at radius 1 is 1.17 bits per heavy atom. The maximum absolute atomic E-state index is 11.7. The topological polar surface area (TPSA) is 70.6 Å². The van der Waals surface area contributed by atoms with Crippen LogP contribution < -0.4 is 10.7 Å². The van der Waals surface area contributed by atoms with Gasteiger partial charge in [-0.15, -0.1) is 0 Å². The van der Waals surface area contributed by atoms with Crippen LogP contribution in [-0.4, -0.2) is 17.5 Å². The van der Waals surface area contributed by atoms with E-state index in [1.807, 2.05) is 13.8 Å². The van der Waals surface area contributed by atoms with Crippen molar-refractivity contribution in [1.29, 1.82) is 0 Å². The van der Waals surface area contributed by atoms with E-state index >= 15 is 0 Å². The SMILES string of the molecule is CC/C(C)=N\NC(=O)c1ccc(NC(C)=O)cc1. The second-order valence-electron chi connectivity index (χ2n) is 3.90. The number of benzene rings is 1. The minimum atomic E-state index is -0.267. The Labute approximate surface area is 106 Å². The van der Waals surface area contributed by atoms with Gasteiger partial charge in [-0.3, -0.25) is 9.59 Å². The molecular weight excluding hydrogens is 230 g/mol. The summed E-state index contributed by atoms with van der Waals surface area (Å²) < 4.78 is 0. The molecule has 18 heavy (non-hydrogen) atoms. The first-order chi connectivity index (χ1) is 8.52. The van der Waals surface area contributed by atoms with E-state index in [2.05, 4.69) is 15.8 Å². The van der Waals surface area contributed by atoms with Crippen molar-refractivity contribution in [1.82, 2.24) is 5.43 Å². The van der Waals surface area contributed by atoms with Crippen molar-refractivity contribution in [3.8, 4) is 0 Å². The minimum Gasteiger partial charge on any atom is -0.326 e. The van der Waals surface area contributed by atoms with Crippen molar-refractivity contribution in [2.24, 2.45) is 5.10 Å². The Bertz CT molecular complexity index is 464. The monoisotopic (exact) mass is 247 g/mol. The Morgan fingerprint density at radius 2 is 1.78 bits per heavy atom. The highest BCUT2D eigenvalue weighted by atomic mass is 16.2. The van der Waals surface area contributed by atoms with Crippen LogP contribution in [0.5, 0.6) is 0 Å². The molecule has 0 spiro atoms. The second-order valence-corrected chi connectivity index (χ2v) is 3.90. The molecule has 0 saturated carbocycles. The van der Waals surface area contributed by atoms with Crippen LogP contribution in [0.1, 0.15) is 37.6 Å². The predicted octanol–water partition coefficient (Wildman–Crippen LogP) is 2.16. The summed E-state index contributed by atoms with van der Waals surface area (Å²) in [6.07, 6.45) is 0.793. The van der Waals surface area contributed by atoms with E-state index < -0.39 is 0 Å². The molecule has 0 aliphatic rings. The quantitative estimate of drug-likeness (QED) is 0.632. The molecule has 1 rings (SSSR count). The summed E-state index contributed by atoms with van der Waals surface area (Å²) in [6.45, 7) is 5.25. The van der Waals surface area contributed by atoms with Crippen LogP contribution in [0.3, 0.4) is 0 Å². The molecule has 0 aliphatic carbocycles. The summed E-state index contributed by atoms with van der Waals surface area (Å²) in [5.74, 6) is -0.410. The first-order valence-electron chi connectivity index (χ1n) is 5.74. The summed E-state index contributed by atoms with van der Waals surface area (Å²) >= 11 is 0. The fourth-order valence-electron chi connectivity index (χ4n) is 1.20. The number of nitrogens with zero attached hydrogens (tertiary/aromatic N) is 1. The first kappa shape index (κ1) is 13.9. The summed E-state index contributed by atoms with van der Waals surface area (Å²) in [5.41, 5.74) is 4.49. The number of carbonyl (C=O) groups is 2. The standard InChI is InChI=1S/C13H17N3O2/c1-4-9(2)15-16-13(18)11-5-7-12(8-6-11)14-10(3)17/h5-8H,4H2,1-3H3,(H,14,17)(H,16,18)/b15-9-. The lowest BCUT2D eigenvalue weighted by molar-refractivity contribution is -0.114. The highest BCUT2D eigenvalue weighted by Gasteiger charge is 2.04. The lowest BCUT2D eigenvalue weighted by atomic mass is 10.2. The molecule has 2 amide bonds. The molecule has 0 heterocycles. The van der Waals surface area contributed by atoms with Crippen LogP contribution in [0, 0.1) is 0 Å². The highest BCUT2D eigenvalue weighted by Crippen LogP contribution is 2.09. The molecule has 96 valence electrons. The molecule has 0 bridgehead atoms. The maximum Gasteiger partial charge on any atom is 0.271 e. The third-order valence-corrected chi connectivity index (χ3v) is 2.33. The van der Waals surface area contributed by atoms with Gasteiger partial charge in [-0.2, -0.15) is 5.10 Å². The third kappa shape index (κ3) is 4.37. The lowest BCUT2D eigenvalue weighted by Crippen LogP contribution is -2.18. The number of hydrogen-bond acceptors (Lipinski definition) is 3. The van der Waals surface area contributed by atoms with Crippen LogP contribution in [0.15, 0.2) is 29.4 Å². The molecule has 5 heteroatoms. The molecule has 5 nitrogen and oxygen atoms in total. The van der Waals surface area contributed by atoms with E-state index in [1.165, 1.54) is 6.92 Å². The zero-order valence-corrected chi connectivity index (χ0v) is 10.8. The molecule has 0 unspecified atom stereocenters. The van der Waals surface area contributed by atoms with Gasteiger partial charge in [0, 0.05) is 23.9 Å². The van der Waals surface area contributed by atoms with Gasteiger partial charge in [-0.1, -0.05) is 6.92 Å². The number of carbonyl (C=O) groups excluding carboxylic acids is 2. The Morgan fingerprint density at radius 3 is 2.28 bits per heavy atom. The number of anilines is 1. The normalized spacial score (nSPS) is 10.9. The first-order valence-corrected chi connectivity index (χ1v) is 5.74. The van der Waals surface area contributed by atoms with Crippen molar-refractivity contribution >= 4 is 23.2 Å². The van der Waals surface area contributed by atoms with Crippen molar-refractivity contribution in [3.63, 3.8) is 0 Å². The minimum absolute atomic E-state index is 0.143. The van der Waals surface area contributed by atoms with Gasteiger partial charge in [-0.05, 0) is 37.6 Å². The molecule has 1 aromatic carbocycles. The van der Waals surface area contributed by atoms with E-state index in [0.717, 1.165) is 12.1 Å². The fraction of sp³-hybridized carbons (Fsp3) is 0.308. The Balaban J connectivity index is 2.67. The summed E-state index contributed by atoms with van der Waals surface area (Å²) in [5, 5.41) is 6.57. The van der Waals surface area contributed by atoms with Crippen molar-refractivity contribution in [2.75, 3.05) is 5.32 Å². The molecule has 0 aliphatic heterocycles. The number of nitrogens with one attached hydrogen (secondary N) is 2. The van der Waals surface area contributed by atoms with Gasteiger partial charge < -0.3 is 5.32 Å². The zero-order chi connectivity index (χ0) is 13.5. The van der Waals surface area contributed by atoms with E-state index in [9.17, 15) is 9.59 Å². The maximum atomic E-state index is 11.7. The van der Waals surface area contributed by atoms with E-state index in [-0.39, 0.29) is 11.8 Å². The largest absolute Gasteiger partial charge is 0.326 e. The molecule has 2 N–H and O–H groups in total. The predicted molar refractivity (Wildman–Crippen MR) is 71.6 cm³/mol. The van der Waals surface area contributed by atoms with Crippen molar-refractivity contribution in [2.45, 2.75) is 27.2 Å². The third-order valence-electron chi connectivity index (χ3n) is 2.33. The summed E-state index contributed by atoms with van der Waals surface area (Å²) in [4.78, 5) is 22.5.